The zero-order valence-electron chi connectivity index (χ0n) is 43.2. The van der Waals surface area contributed by atoms with Gasteiger partial charge in [-0.2, -0.15) is 55.9 Å². The average Bonchev–Trinajstić information content (AvgIpc) is 3.42. The minimum Gasteiger partial charge on any atom is -0.505 e. The number of nitrogens with zero attached hydrogens (tertiary/aromatic N) is 8. The van der Waals surface area contributed by atoms with Gasteiger partial charge in [0.1, 0.15) is 22.9 Å². The molecule has 0 radical (unpaired) electrons. The summed E-state index contributed by atoms with van der Waals surface area (Å²) >= 11 is 0. The van der Waals surface area contributed by atoms with Crippen molar-refractivity contribution in [1.29, 1.82) is 0 Å². The third-order valence-electron chi connectivity index (χ3n) is 12.2. The first-order valence-corrected chi connectivity index (χ1v) is 29.0. The molecule has 8 rings (SSSR count). The monoisotopic (exact) mass is 1130 g/mol. The quantitative estimate of drug-likeness (QED) is 0.0254. The molecule has 21 nitrogen and oxygen atoms in total. The summed E-state index contributed by atoms with van der Waals surface area (Å²) in [4.78, 5) is -0.454. The fourth-order valence-electron chi connectivity index (χ4n) is 8.02. The molecule has 8 aromatic rings. The van der Waals surface area contributed by atoms with E-state index in [-0.39, 0.29) is 43.3 Å². The van der Waals surface area contributed by atoms with Gasteiger partial charge in [-0.25, -0.2) is 0 Å². The number of benzene rings is 8. The van der Waals surface area contributed by atoms with Gasteiger partial charge >= 0.3 is 0 Å². The average molecular weight is 1130 g/mol. The van der Waals surface area contributed by atoms with Gasteiger partial charge in [0.25, 0.3) is 30.4 Å². The van der Waals surface area contributed by atoms with Crippen molar-refractivity contribution in [3.8, 4) is 17.2 Å². The molecule has 0 atom stereocenters. The van der Waals surface area contributed by atoms with E-state index in [1.807, 2.05) is 81.4 Å². The summed E-state index contributed by atoms with van der Waals surface area (Å²) in [5, 5.41) is 52.5. The van der Waals surface area contributed by atoms with Gasteiger partial charge < -0.3 is 19.9 Å². The van der Waals surface area contributed by atoms with Crippen LogP contribution in [0.2, 0.25) is 0 Å². The second-order valence-corrected chi connectivity index (χ2v) is 23.0. The van der Waals surface area contributed by atoms with Gasteiger partial charge in [-0.1, -0.05) is 24.3 Å². The van der Waals surface area contributed by atoms with Gasteiger partial charge in [-0.05, 0) is 177 Å². The van der Waals surface area contributed by atoms with E-state index in [0.717, 1.165) is 34.0 Å². The number of aryl methyl sites for hydroxylation is 5. The van der Waals surface area contributed by atoms with E-state index in [1.54, 1.807) is 68.4 Å². The molecular weight excluding hydrogens is 1070 g/mol. The molecule has 79 heavy (non-hydrogen) atoms. The number of aromatic hydroxyl groups is 1. The maximum Gasteiger partial charge on any atom is 0.294 e. The number of nitrogens with one attached hydrogen (secondary N) is 1. The Morgan fingerprint density at radius 3 is 1.46 bits per heavy atom. The number of hydrogen-bond acceptors (Lipinski definition) is 18. The maximum atomic E-state index is 12.1. The number of fused-ring (bicyclic) bond motifs is 2. The van der Waals surface area contributed by atoms with Crippen LogP contribution >= 0.6 is 0 Å². The highest BCUT2D eigenvalue weighted by Crippen LogP contribution is 2.41. The first kappa shape index (κ1) is 56.8. The zero-order valence-corrected chi connectivity index (χ0v) is 45.7. The molecule has 0 spiro atoms. The van der Waals surface area contributed by atoms with Crippen molar-refractivity contribution in [2.75, 3.05) is 30.0 Å². The molecule has 0 heterocycles. The third-order valence-corrected chi connectivity index (χ3v) is 14.6. The van der Waals surface area contributed by atoms with Gasteiger partial charge in [0.2, 0.25) is 0 Å². The summed E-state index contributed by atoms with van der Waals surface area (Å²) < 4.78 is 109. The Balaban J connectivity index is 0.992. The van der Waals surface area contributed by atoms with E-state index in [0.29, 0.717) is 78.3 Å². The van der Waals surface area contributed by atoms with Crippen LogP contribution in [0.15, 0.2) is 173 Å². The van der Waals surface area contributed by atoms with Crippen LogP contribution in [0, 0.1) is 34.6 Å². The fourth-order valence-corrected chi connectivity index (χ4v) is 9.52. The molecule has 5 N–H and O–H groups in total. The van der Waals surface area contributed by atoms with Crippen LogP contribution in [0.4, 0.5) is 56.9 Å². The van der Waals surface area contributed by atoms with Gasteiger partial charge in [-0.15, -0.1) is 10.2 Å². The standard InChI is InChI=1S/C55H53N9O12S3/c1-33-24-49(34(2)23-47(33)59-57-42-15-16-44-39(29-42)30-43(79(72,73)74)31-53(44)75-19-9-21-77(66,67)68)61-63-51-32-54(76-20-10-22-78(69,70)71)52(27-37(51)5)64-62-50-26-35(3)48(25-36(50)4)60-58-46-18-13-38-28-41(14-17-45(38)55(46)65)56-40-11-7-6-8-12-40/h6-8,11-18,23-32,56,65H,9-10,19-22H2,1-5H3,(H,66,67,68)(H,69,70,71)(H,72,73,74). The topological polar surface area (TPSA) is 313 Å². The second kappa shape index (κ2) is 24.1. The fraction of sp³-hybridized carbons (Fsp3) is 0.200. The Hall–Kier alpha value is -8.39. The molecule has 0 fully saturated rings. The van der Waals surface area contributed by atoms with Crippen molar-refractivity contribution in [1.82, 2.24) is 0 Å². The molecule has 0 aliphatic heterocycles. The Morgan fingerprint density at radius 2 is 0.911 bits per heavy atom. The van der Waals surface area contributed by atoms with Gasteiger partial charge in [-0.3, -0.25) is 13.7 Å². The third kappa shape index (κ3) is 15.2. The highest BCUT2D eigenvalue weighted by Gasteiger charge is 2.17. The normalized spacial score (nSPS) is 12.5. The van der Waals surface area contributed by atoms with E-state index >= 15 is 0 Å². The van der Waals surface area contributed by atoms with Crippen LogP contribution in [0.3, 0.4) is 0 Å². The Labute approximate surface area is 455 Å². The lowest BCUT2D eigenvalue weighted by Crippen LogP contribution is -2.09. The first-order chi connectivity index (χ1) is 37.5. The summed E-state index contributed by atoms with van der Waals surface area (Å²) in [7, 11) is -13.1. The van der Waals surface area contributed by atoms with E-state index in [9.17, 15) is 39.5 Å². The van der Waals surface area contributed by atoms with Crippen LogP contribution in [0.1, 0.15) is 40.7 Å². The van der Waals surface area contributed by atoms with Crippen molar-refractivity contribution in [2.24, 2.45) is 40.9 Å². The lowest BCUT2D eigenvalue weighted by atomic mass is 10.1. The van der Waals surface area contributed by atoms with Crippen LogP contribution in [-0.2, 0) is 30.4 Å². The van der Waals surface area contributed by atoms with Gasteiger partial charge in [0, 0.05) is 34.3 Å². The number of rotatable bonds is 21. The molecule has 0 aliphatic carbocycles. The molecule has 0 saturated heterocycles. The molecule has 0 amide bonds. The lowest BCUT2D eigenvalue weighted by Gasteiger charge is -2.11. The molecular formula is C55H53N9O12S3. The molecule has 0 aliphatic rings. The van der Waals surface area contributed by atoms with Crippen LogP contribution in [0.5, 0.6) is 17.2 Å². The number of anilines is 2. The van der Waals surface area contributed by atoms with E-state index in [4.69, 9.17) is 14.0 Å². The number of phenols is 1. The minimum absolute atomic E-state index is 0.000946. The van der Waals surface area contributed by atoms with Crippen LogP contribution < -0.4 is 14.8 Å². The summed E-state index contributed by atoms with van der Waals surface area (Å²) in [6.07, 6.45) is -0.0902. The van der Waals surface area contributed by atoms with Crippen molar-refractivity contribution >= 4 is 109 Å². The minimum atomic E-state index is -4.66. The van der Waals surface area contributed by atoms with E-state index in [2.05, 4.69) is 46.2 Å². The van der Waals surface area contributed by atoms with Gasteiger partial charge in [0.05, 0.1) is 63.7 Å². The van der Waals surface area contributed by atoms with E-state index < -0.39 is 46.8 Å². The van der Waals surface area contributed by atoms with Crippen LogP contribution in [0.25, 0.3) is 21.5 Å². The smallest absolute Gasteiger partial charge is 0.294 e. The largest absolute Gasteiger partial charge is 0.505 e. The highest BCUT2D eigenvalue weighted by molar-refractivity contribution is 7.86. The molecule has 0 saturated carbocycles. The SMILES string of the molecule is Cc1cc(N=Nc2cc(OCCCS(=O)(=O)O)c(N=Nc3cc(C)c(N=Nc4ccc5cc(Nc6ccccc6)ccc5c4O)cc3C)cc2C)c(C)cc1N=Nc1ccc2c(OCCCS(=O)(=O)O)cc(S(=O)(=O)O)cc2c1. The van der Waals surface area contributed by atoms with Crippen molar-refractivity contribution < 1.29 is 53.5 Å². The number of phenolic OH excluding ortho intramolecular Hbond substituents is 1. The number of para-hydroxylation sites is 1. The predicted molar refractivity (Wildman–Crippen MR) is 302 cm³/mol. The predicted octanol–water partition coefficient (Wildman–Crippen LogP) is 15.2. The van der Waals surface area contributed by atoms with E-state index in [1.165, 1.54) is 6.07 Å². The van der Waals surface area contributed by atoms with Crippen molar-refractivity contribution in [3.05, 3.63) is 155 Å². The Morgan fingerprint density at radius 1 is 0.430 bits per heavy atom. The first-order valence-electron chi connectivity index (χ1n) is 24.3. The number of hydrogen-bond donors (Lipinski definition) is 5. The molecule has 0 bridgehead atoms. The summed E-state index contributed by atoms with van der Waals surface area (Å²) in [6, 6.07) is 36.6. The molecule has 0 unspecified atom stereocenters. The summed E-state index contributed by atoms with van der Waals surface area (Å²) in [6.45, 7) is 8.86. The summed E-state index contributed by atoms with van der Waals surface area (Å²) in [5.41, 5.74) is 8.75. The van der Waals surface area contributed by atoms with Crippen LogP contribution in [-0.4, -0.2) is 68.7 Å². The number of ether oxygens (including phenoxy) is 2. The molecule has 0 aromatic heterocycles. The zero-order chi connectivity index (χ0) is 56.6. The molecule has 408 valence electrons. The Bertz CT molecular complexity index is 4120. The summed E-state index contributed by atoms with van der Waals surface area (Å²) in [5.74, 6) is -0.789. The van der Waals surface area contributed by atoms with Crippen molar-refractivity contribution in [2.45, 2.75) is 52.4 Å². The maximum absolute atomic E-state index is 12.1. The van der Waals surface area contributed by atoms with Crippen molar-refractivity contribution in [3.63, 3.8) is 0 Å². The lowest BCUT2D eigenvalue weighted by molar-refractivity contribution is 0.317. The van der Waals surface area contributed by atoms with Gasteiger partial charge in [0.15, 0.2) is 5.75 Å². The molecule has 24 heteroatoms. The number of azo groups is 4. The highest BCUT2D eigenvalue weighted by atomic mass is 32.2. The second-order valence-electron chi connectivity index (χ2n) is 18.4. The molecule has 8 aromatic carbocycles. The Kier molecular flexibility index (Phi) is 17.3.